The van der Waals surface area contributed by atoms with Gasteiger partial charge in [-0.25, -0.2) is 4.57 Å². The van der Waals surface area contributed by atoms with Crippen LogP contribution in [0.2, 0.25) is 0 Å². The molecular weight excluding hydrogens is 713 g/mol. The summed E-state index contributed by atoms with van der Waals surface area (Å²) < 4.78 is 32.6. The Balaban J connectivity index is 4.37. The zero-order chi connectivity index (χ0) is 40.3. The molecule has 0 heterocycles. The van der Waals surface area contributed by atoms with Crippen molar-refractivity contribution in [2.24, 2.45) is 5.73 Å². The van der Waals surface area contributed by atoms with Crippen molar-refractivity contribution in [1.29, 1.82) is 0 Å². The third-order valence-electron chi connectivity index (χ3n) is 8.27. The van der Waals surface area contributed by atoms with Crippen LogP contribution in [-0.2, 0) is 32.7 Å². The lowest BCUT2D eigenvalue weighted by Gasteiger charge is -2.19. The molecule has 0 saturated carbocycles. The molecule has 55 heavy (non-hydrogen) atoms. The number of phosphoric ester groups is 1. The van der Waals surface area contributed by atoms with E-state index in [0.717, 1.165) is 51.4 Å². The summed E-state index contributed by atoms with van der Waals surface area (Å²) in [5.74, 6) is -0.972. The second-order valence-corrected chi connectivity index (χ2v) is 14.9. The largest absolute Gasteiger partial charge is 0.472 e. The molecular formula is C45H76NO8P. The summed E-state index contributed by atoms with van der Waals surface area (Å²) in [5.41, 5.74) is 5.33. The Bertz CT molecular complexity index is 1170. The van der Waals surface area contributed by atoms with Crippen molar-refractivity contribution in [2.75, 3.05) is 26.4 Å². The van der Waals surface area contributed by atoms with E-state index in [9.17, 15) is 19.0 Å². The first-order valence-corrected chi connectivity index (χ1v) is 22.6. The highest BCUT2D eigenvalue weighted by molar-refractivity contribution is 7.47. The van der Waals surface area contributed by atoms with Gasteiger partial charge in [0.05, 0.1) is 13.2 Å². The predicted octanol–water partition coefficient (Wildman–Crippen LogP) is 12.0. The highest BCUT2D eigenvalue weighted by atomic mass is 31.2. The fraction of sp³-hybridized carbons (Fsp3) is 0.644. The van der Waals surface area contributed by atoms with E-state index in [0.29, 0.717) is 12.8 Å². The van der Waals surface area contributed by atoms with Crippen LogP contribution in [0.25, 0.3) is 0 Å². The molecule has 0 saturated heterocycles. The molecule has 3 N–H and O–H groups in total. The second-order valence-electron chi connectivity index (χ2n) is 13.5. The van der Waals surface area contributed by atoms with E-state index >= 15 is 0 Å². The molecule has 0 aromatic rings. The molecule has 0 bridgehead atoms. The van der Waals surface area contributed by atoms with E-state index in [1.165, 1.54) is 64.2 Å². The third-order valence-corrected chi connectivity index (χ3v) is 9.25. The molecule has 0 amide bonds. The zero-order valence-electron chi connectivity index (χ0n) is 34.4. The molecule has 2 atom stereocenters. The van der Waals surface area contributed by atoms with Gasteiger partial charge in [0.15, 0.2) is 6.10 Å². The first kappa shape index (κ1) is 52.2. The maximum absolute atomic E-state index is 12.5. The molecule has 0 spiro atoms. The van der Waals surface area contributed by atoms with Crippen molar-refractivity contribution in [2.45, 2.75) is 161 Å². The van der Waals surface area contributed by atoms with Gasteiger partial charge in [-0.05, 0) is 83.5 Å². The first-order valence-electron chi connectivity index (χ1n) is 21.1. The number of allylic oxidation sites excluding steroid dienone is 14. The molecule has 0 aromatic heterocycles. The topological polar surface area (TPSA) is 134 Å². The molecule has 0 aliphatic rings. The summed E-state index contributed by atoms with van der Waals surface area (Å²) in [7, 11) is -4.40. The number of hydrogen-bond acceptors (Lipinski definition) is 8. The van der Waals surface area contributed by atoms with Gasteiger partial charge < -0.3 is 20.1 Å². The minimum Gasteiger partial charge on any atom is -0.462 e. The minimum absolute atomic E-state index is 0.0348. The van der Waals surface area contributed by atoms with Crippen LogP contribution in [0.4, 0.5) is 0 Å². The van der Waals surface area contributed by atoms with Crippen molar-refractivity contribution in [3.63, 3.8) is 0 Å². The summed E-state index contributed by atoms with van der Waals surface area (Å²) in [6.07, 6.45) is 50.6. The average molecular weight is 790 g/mol. The van der Waals surface area contributed by atoms with Crippen molar-refractivity contribution in [1.82, 2.24) is 0 Å². The number of hydrogen-bond donors (Lipinski definition) is 2. The van der Waals surface area contributed by atoms with E-state index < -0.39 is 32.5 Å². The van der Waals surface area contributed by atoms with Gasteiger partial charge in [-0.15, -0.1) is 0 Å². The van der Waals surface area contributed by atoms with Gasteiger partial charge in [-0.2, -0.15) is 0 Å². The van der Waals surface area contributed by atoms with Crippen LogP contribution >= 0.6 is 7.82 Å². The van der Waals surface area contributed by atoms with Crippen LogP contribution in [0.15, 0.2) is 85.1 Å². The Labute approximate surface area is 334 Å². The van der Waals surface area contributed by atoms with Gasteiger partial charge in [0.1, 0.15) is 6.61 Å². The average Bonchev–Trinajstić information content (AvgIpc) is 3.17. The molecule has 0 aliphatic heterocycles. The van der Waals surface area contributed by atoms with E-state index in [2.05, 4.69) is 86.8 Å². The van der Waals surface area contributed by atoms with Gasteiger partial charge in [0.2, 0.25) is 0 Å². The van der Waals surface area contributed by atoms with E-state index in [1.54, 1.807) is 0 Å². The summed E-state index contributed by atoms with van der Waals surface area (Å²) in [5, 5.41) is 0. The number of carbonyl (C=O) groups excluding carboxylic acids is 2. The van der Waals surface area contributed by atoms with Gasteiger partial charge >= 0.3 is 19.8 Å². The number of esters is 2. The normalized spacial score (nSPS) is 14.2. The molecule has 0 radical (unpaired) electrons. The van der Waals surface area contributed by atoms with Crippen molar-refractivity contribution in [3.8, 4) is 0 Å². The Morgan fingerprint density at radius 2 is 0.982 bits per heavy atom. The monoisotopic (exact) mass is 790 g/mol. The van der Waals surface area contributed by atoms with E-state index in [1.807, 2.05) is 12.2 Å². The predicted molar refractivity (Wildman–Crippen MR) is 229 cm³/mol. The van der Waals surface area contributed by atoms with Crippen molar-refractivity contribution >= 4 is 19.8 Å². The van der Waals surface area contributed by atoms with Gasteiger partial charge in [-0.1, -0.05) is 144 Å². The number of nitrogens with two attached hydrogens (primary N) is 1. The molecule has 0 rings (SSSR count). The summed E-state index contributed by atoms with van der Waals surface area (Å²) in [4.78, 5) is 34.8. The van der Waals surface area contributed by atoms with Gasteiger partial charge in [0, 0.05) is 19.4 Å². The highest BCUT2D eigenvalue weighted by Gasteiger charge is 2.25. The maximum atomic E-state index is 12.5. The van der Waals surface area contributed by atoms with Crippen LogP contribution in [0.5, 0.6) is 0 Å². The maximum Gasteiger partial charge on any atom is 0.472 e. The molecule has 9 nitrogen and oxygen atoms in total. The van der Waals surface area contributed by atoms with E-state index in [-0.39, 0.29) is 32.6 Å². The lowest BCUT2D eigenvalue weighted by atomic mass is 10.1. The van der Waals surface area contributed by atoms with Crippen LogP contribution < -0.4 is 5.73 Å². The molecule has 10 heteroatoms. The summed E-state index contributed by atoms with van der Waals surface area (Å²) in [6.45, 7) is 3.55. The van der Waals surface area contributed by atoms with Crippen LogP contribution in [0.3, 0.4) is 0 Å². The Kier molecular flexibility index (Phi) is 38.8. The van der Waals surface area contributed by atoms with Gasteiger partial charge in [-0.3, -0.25) is 18.6 Å². The number of carbonyl (C=O) groups is 2. The van der Waals surface area contributed by atoms with Crippen LogP contribution in [-0.4, -0.2) is 49.3 Å². The Hall–Kier alpha value is -2.81. The molecule has 0 aliphatic carbocycles. The number of phosphoric acid groups is 1. The fourth-order valence-corrected chi connectivity index (χ4v) is 5.88. The fourth-order valence-electron chi connectivity index (χ4n) is 5.12. The van der Waals surface area contributed by atoms with Crippen LogP contribution in [0, 0.1) is 0 Å². The lowest BCUT2D eigenvalue weighted by molar-refractivity contribution is -0.161. The van der Waals surface area contributed by atoms with Crippen molar-refractivity contribution < 1.29 is 37.6 Å². The zero-order valence-corrected chi connectivity index (χ0v) is 35.3. The quantitative estimate of drug-likeness (QED) is 0.0271. The standard InChI is InChI=1S/C45H76NO8P/c1-3-5-7-9-11-13-15-17-19-20-21-22-24-25-27-29-31-33-35-37-44(47)51-41-43(42-53-55(49,50)52-40-39-46)54-45(48)38-36-34-32-30-28-26-23-18-16-14-12-10-8-6-4-2/h11,13,17-19,21-23,25,27-28,30-31,33,43H,3-10,12,14-16,20,24,26,29,32,34-42,46H2,1-2H3,(H,49,50)/b13-11+,19-17+,22-21+,23-18+,27-25+,30-28+,33-31+/t43-/m1/s1. The number of ether oxygens (including phenoxy) is 2. The second kappa shape index (κ2) is 40.8. The first-order chi connectivity index (χ1) is 26.8. The number of rotatable bonds is 38. The molecule has 1 unspecified atom stereocenters. The molecule has 0 aromatic carbocycles. The molecule has 314 valence electrons. The van der Waals surface area contributed by atoms with Crippen LogP contribution in [0.1, 0.15) is 155 Å². The summed E-state index contributed by atoms with van der Waals surface area (Å²) in [6, 6.07) is 0. The smallest absolute Gasteiger partial charge is 0.462 e. The summed E-state index contributed by atoms with van der Waals surface area (Å²) >= 11 is 0. The SMILES string of the molecule is CCCCC/C=C/C/C=C/C/C=C/C/C=C/C/C=C/CCC(=O)OC[C@H](COP(=O)(O)OCCN)OC(=O)CCCC/C=C/C/C=C/CCCCCCCC. The Morgan fingerprint density at radius 3 is 1.51 bits per heavy atom. The van der Waals surface area contributed by atoms with Crippen molar-refractivity contribution in [3.05, 3.63) is 85.1 Å². The highest BCUT2D eigenvalue weighted by Crippen LogP contribution is 2.43. The third kappa shape index (κ3) is 40.7. The van der Waals surface area contributed by atoms with Gasteiger partial charge in [0.25, 0.3) is 0 Å². The minimum atomic E-state index is -4.40. The lowest BCUT2D eigenvalue weighted by Crippen LogP contribution is -2.29. The Morgan fingerprint density at radius 1 is 0.545 bits per heavy atom. The molecule has 0 fully saturated rings. The van der Waals surface area contributed by atoms with E-state index in [4.69, 9.17) is 24.3 Å². The number of unbranched alkanes of at least 4 members (excludes halogenated alkanes) is 11.